The van der Waals surface area contributed by atoms with Gasteiger partial charge >= 0.3 is 0 Å². The predicted octanol–water partition coefficient (Wildman–Crippen LogP) is 2.22. The van der Waals surface area contributed by atoms with Crippen molar-refractivity contribution >= 4 is 5.69 Å². The summed E-state index contributed by atoms with van der Waals surface area (Å²) in [5.41, 5.74) is 5.54. The zero-order chi connectivity index (χ0) is 16.0. The second-order valence-electron chi connectivity index (χ2n) is 6.69. The monoisotopic (exact) mass is 310 g/mol. The molecule has 0 aromatic heterocycles. The molecule has 0 aliphatic carbocycles. The van der Waals surface area contributed by atoms with E-state index >= 15 is 0 Å². The number of fused-ring (bicyclic) bond motifs is 2. The van der Waals surface area contributed by atoms with Crippen molar-refractivity contribution in [3.05, 3.63) is 64.7 Å². The van der Waals surface area contributed by atoms with Crippen LogP contribution in [0.25, 0.3) is 0 Å². The molecule has 2 aromatic rings. The molecular weight excluding hydrogens is 288 g/mol. The van der Waals surface area contributed by atoms with Crippen LogP contribution in [0.1, 0.15) is 34.5 Å². The van der Waals surface area contributed by atoms with Crippen LogP contribution < -0.4 is 4.90 Å². The van der Waals surface area contributed by atoms with Gasteiger partial charge < -0.3 is 15.1 Å². The van der Waals surface area contributed by atoms with Gasteiger partial charge in [-0.1, -0.05) is 30.3 Å². The Morgan fingerprint density at radius 2 is 1.61 bits per heavy atom. The minimum Gasteiger partial charge on any atom is -0.387 e. The standard InChI is InChI=1S/C19H22N2O2/c1-20-9-14-8-15(6-7-17(14)18(22)11-20)21-10-13-4-2-3-5-16(13)19(23)12-21/h2-8,18-19,22-23H,9-12H2,1H3. The summed E-state index contributed by atoms with van der Waals surface area (Å²) >= 11 is 0. The molecule has 2 aromatic carbocycles. The fourth-order valence-corrected chi connectivity index (χ4v) is 3.78. The molecule has 0 bridgehead atoms. The zero-order valence-corrected chi connectivity index (χ0v) is 13.3. The highest BCUT2D eigenvalue weighted by Crippen LogP contribution is 2.33. The van der Waals surface area contributed by atoms with Gasteiger partial charge in [0, 0.05) is 31.9 Å². The number of nitrogens with zero attached hydrogens (tertiary/aromatic N) is 2. The first-order valence-electron chi connectivity index (χ1n) is 8.12. The van der Waals surface area contributed by atoms with E-state index in [1.165, 1.54) is 11.1 Å². The largest absolute Gasteiger partial charge is 0.387 e. The molecule has 23 heavy (non-hydrogen) atoms. The summed E-state index contributed by atoms with van der Waals surface area (Å²) in [5, 5.41) is 20.6. The van der Waals surface area contributed by atoms with Gasteiger partial charge in [-0.25, -0.2) is 0 Å². The Labute approximate surface area is 136 Å². The maximum absolute atomic E-state index is 10.4. The Balaban J connectivity index is 1.66. The van der Waals surface area contributed by atoms with E-state index in [4.69, 9.17) is 0 Å². The molecule has 2 atom stereocenters. The lowest BCUT2D eigenvalue weighted by molar-refractivity contribution is 0.108. The van der Waals surface area contributed by atoms with Crippen molar-refractivity contribution in [1.82, 2.24) is 4.90 Å². The van der Waals surface area contributed by atoms with Crippen LogP contribution in [0.15, 0.2) is 42.5 Å². The van der Waals surface area contributed by atoms with Crippen LogP contribution in [-0.2, 0) is 13.1 Å². The van der Waals surface area contributed by atoms with E-state index in [9.17, 15) is 10.2 Å². The number of anilines is 1. The van der Waals surface area contributed by atoms with Crippen molar-refractivity contribution in [2.45, 2.75) is 25.3 Å². The summed E-state index contributed by atoms with van der Waals surface area (Å²) in [5.74, 6) is 0. The van der Waals surface area contributed by atoms with Crippen LogP contribution in [-0.4, -0.2) is 35.3 Å². The number of hydrogen-bond donors (Lipinski definition) is 2. The lowest BCUT2D eigenvalue weighted by Gasteiger charge is -2.35. The highest BCUT2D eigenvalue weighted by molar-refractivity contribution is 5.54. The first kappa shape index (κ1) is 14.7. The minimum atomic E-state index is -0.454. The predicted molar refractivity (Wildman–Crippen MR) is 90.2 cm³/mol. The number of β-amino-alcohol motifs (C(OH)–C–C–N with tert-alkyl or cyclic N) is 2. The third kappa shape index (κ3) is 2.63. The Bertz CT molecular complexity index is 731. The fraction of sp³-hybridized carbons (Fsp3) is 0.368. The topological polar surface area (TPSA) is 46.9 Å². The SMILES string of the molecule is CN1Cc2cc(N3Cc4ccccc4C(O)C3)ccc2C(O)C1. The first-order valence-corrected chi connectivity index (χ1v) is 8.12. The van der Waals surface area contributed by atoms with Crippen molar-refractivity contribution in [2.24, 2.45) is 0 Å². The molecule has 0 radical (unpaired) electrons. The maximum Gasteiger partial charge on any atom is 0.0968 e. The van der Waals surface area contributed by atoms with Crippen molar-refractivity contribution in [1.29, 1.82) is 0 Å². The second kappa shape index (κ2) is 5.64. The molecule has 4 nitrogen and oxygen atoms in total. The third-order valence-corrected chi connectivity index (χ3v) is 4.94. The van der Waals surface area contributed by atoms with E-state index < -0.39 is 12.2 Å². The van der Waals surface area contributed by atoms with E-state index in [1.807, 2.05) is 31.3 Å². The van der Waals surface area contributed by atoms with Crippen LogP contribution in [0.5, 0.6) is 0 Å². The van der Waals surface area contributed by atoms with Crippen molar-refractivity contribution in [3.63, 3.8) is 0 Å². The van der Waals surface area contributed by atoms with Gasteiger partial charge in [0.2, 0.25) is 0 Å². The quantitative estimate of drug-likeness (QED) is 0.848. The Morgan fingerprint density at radius 1 is 0.870 bits per heavy atom. The molecule has 120 valence electrons. The highest BCUT2D eigenvalue weighted by atomic mass is 16.3. The van der Waals surface area contributed by atoms with Gasteiger partial charge in [-0.15, -0.1) is 0 Å². The van der Waals surface area contributed by atoms with E-state index in [2.05, 4.69) is 28.0 Å². The van der Waals surface area contributed by atoms with Crippen LogP contribution in [0.4, 0.5) is 5.69 Å². The minimum absolute atomic E-state index is 0.412. The van der Waals surface area contributed by atoms with Gasteiger partial charge in [-0.05, 0) is 41.4 Å². The van der Waals surface area contributed by atoms with Gasteiger partial charge in [-0.2, -0.15) is 0 Å². The Kier molecular flexibility index (Phi) is 3.60. The van der Waals surface area contributed by atoms with Crippen LogP contribution in [0.2, 0.25) is 0 Å². The van der Waals surface area contributed by atoms with E-state index in [0.29, 0.717) is 13.1 Å². The molecule has 0 saturated heterocycles. The number of hydrogen-bond acceptors (Lipinski definition) is 4. The molecule has 0 fully saturated rings. The number of rotatable bonds is 1. The summed E-state index contributed by atoms with van der Waals surface area (Å²) in [6, 6.07) is 14.4. The van der Waals surface area contributed by atoms with Gasteiger partial charge in [0.1, 0.15) is 0 Å². The van der Waals surface area contributed by atoms with Crippen molar-refractivity contribution < 1.29 is 10.2 Å². The van der Waals surface area contributed by atoms with Crippen molar-refractivity contribution in [2.75, 3.05) is 25.0 Å². The Morgan fingerprint density at radius 3 is 2.48 bits per heavy atom. The summed E-state index contributed by atoms with van der Waals surface area (Å²) < 4.78 is 0. The van der Waals surface area contributed by atoms with Crippen LogP contribution in [0, 0.1) is 0 Å². The lowest BCUT2D eigenvalue weighted by atomic mass is 9.94. The Hall–Kier alpha value is -1.88. The molecule has 0 amide bonds. The fourth-order valence-electron chi connectivity index (χ4n) is 3.78. The number of benzene rings is 2. The molecule has 2 N–H and O–H groups in total. The summed E-state index contributed by atoms with van der Waals surface area (Å²) in [6.45, 7) is 2.95. The number of likely N-dealkylation sites (N-methyl/N-ethyl adjacent to an activating group) is 1. The van der Waals surface area contributed by atoms with Gasteiger partial charge in [0.15, 0.2) is 0 Å². The first-order chi connectivity index (χ1) is 11.1. The third-order valence-electron chi connectivity index (χ3n) is 4.94. The lowest BCUT2D eigenvalue weighted by Crippen LogP contribution is -2.34. The summed E-state index contributed by atoms with van der Waals surface area (Å²) in [7, 11) is 2.03. The second-order valence-corrected chi connectivity index (χ2v) is 6.69. The van der Waals surface area contributed by atoms with Gasteiger partial charge in [0.25, 0.3) is 0 Å². The maximum atomic E-state index is 10.4. The smallest absolute Gasteiger partial charge is 0.0968 e. The summed E-state index contributed by atoms with van der Waals surface area (Å²) in [4.78, 5) is 4.35. The summed E-state index contributed by atoms with van der Waals surface area (Å²) in [6.07, 6.45) is -0.866. The molecule has 2 aliphatic heterocycles. The van der Waals surface area contributed by atoms with Gasteiger partial charge in [0.05, 0.1) is 12.2 Å². The number of aliphatic hydroxyl groups is 2. The molecule has 2 heterocycles. The molecule has 2 unspecified atom stereocenters. The highest BCUT2D eigenvalue weighted by Gasteiger charge is 2.26. The molecule has 4 rings (SSSR count). The molecule has 2 aliphatic rings. The zero-order valence-electron chi connectivity index (χ0n) is 13.3. The van der Waals surface area contributed by atoms with Crippen LogP contribution in [0.3, 0.4) is 0 Å². The molecule has 0 saturated carbocycles. The average molecular weight is 310 g/mol. The van der Waals surface area contributed by atoms with Gasteiger partial charge in [-0.3, -0.25) is 4.90 Å². The van der Waals surface area contributed by atoms with E-state index in [-0.39, 0.29) is 0 Å². The molecule has 4 heteroatoms. The molecule has 0 spiro atoms. The molecular formula is C19H22N2O2. The van der Waals surface area contributed by atoms with Crippen molar-refractivity contribution in [3.8, 4) is 0 Å². The van der Waals surface area contributed by atoms with Crippen LogP contribution >= 0.6 is 0 Å². The normalized spacial score (nSPS) is 24.2. The average Bonchev–Trinajstić information content (AvgIpc) is 2.54. The number of aliphatic hydroxyl groups excluding tert-OH is 2. The van der Waals surface area contributed by atoms with E-state index in [1.54, 1.807) is 0 Å². The van der Waals surface area contributed by atoms with E-state index in [0.717, 1.165) is 29.9 Å².